The van der Waals surface area contributed by atoms with Gasteiger partial charge in [-0.25, -0.2) is 4.98 Å². The van der Waals surface area contributed by atoms with Gasteiger partial charge in [-0.15, -0.1) is 0 Å². The van der Waals surface area contributed by atoms with Crippen molar-refractivity contribution >= 4 is 22.6 Å². The normalized spacial score (nSPS) is 13.6. The van der Waals surface area contributed by atoms with Crippen LogP contribution in [0.1, 0.15) is 16.5 Å². The first-order chi connectivity index (χ1) is 18.7. The molecule has 1 fully saturated rings. The summed E-state index contributed by atoms with van der Waals surface area (Å²) in [5, 5.41) is 7.30. The Kier molecular flexibility index (Phi) is 7.11. The highest BCUT2D eigenvalue weighted by Crippen LogP contribution is 2.37. The number of carbonyl (C=O) groups excluding carboxylic acids is 1. The maximum Gasteiger partial charge on any atom is 0.422 e. The van der Waals surface area contributed by atoms with Gasteiger partial charge in [-0.1, -0.05) is 0 Å². The molecule has 4 aromatic rings. The van der Waals surface area contributed by atoms with Crippen molar-refractivity contribution in [1.82, 2.24) is 19.7 Å². The van der Waals surface area contributed by atoms with E-state index in [0.29, 0.717) is 47.1 Å². The van der Waals surface area contributed by atoms with Crippen molar-refractivity contribution in [3.8, 4) is 28.7 Å². The molecule has 39 heavy (non-hydrogen) atoms. The van der Waals surface area contributed by atoms with E-state index in [2.05, 4.69) is 20.4 Å². The zero-order valence-corrected chi connectivity index (χ0v) is 20.7. The number of ether oxygens (including phenoxy) is 5. The first-order valence-corrected chi connectivity index (χ1v) is 11.6. The van der Waals surface area contributed by atoms with Crippen LogP contribution in [0.2, 0.25) is 0 Å². The van der Waals surface area contributed by atoms with E-state index in [1.165, 1.54) is 37.4 Å². The lowest BCUT2D eigenvalue weighted by Crippen LogP contribution is -2.31. The van der Waals surface area contributed by atoms with E-state index in [-0.39, 0.29) is 23.3 Å². The Hall–Kier alpha value is -4.59. The van der Waals surface area contributed by atoms with Gasteiger partial charge in [-0.05, 0) is 24.3 Å². The van der Waals surface area contributed by atoms with Crippen molar-refractivity contribution in [3.63, 3.8) is 0 Å². The maximum absolute atomic E-state index is 12.9. The van der Waals surface area contributed by atoms with Gasteiger partial charge >= 0.3 is 6.18 Å². The van der Waals surface area contributed by atoms with E-state index < -0.39 is 18.7 Å². The number of amides is 1. The summed E-state index contributed by atoms with van der Waals surface area (Å²) >= 11 is 0. The monoisotopic (exact) mass is 545 g/mol. The summed E-state index contributed by atoms with van der Waals surface area (Å²) in [7, 11) is 3.05. The summed E-state index contributed by atoms with van der Waals surface area (Å²) in [4.78, 5) is 21.4. The molecule has 0 atom stereocenters. The van der Waals surface area contributed by atoms with Crippen LogP contribution in [0.25, 0.3) is 10.9 Å². The lowest BCUT2D eigenvalue weighted by molar-refractivity contribution is -0.153. The molecule has 3 aromatic heterocycles. The number of rotatable bonds is 9. The predicted octanol–water partition coefficient (Wildman–Crippen LogP) is 4.40. The Morgan fingerprint density at radius 1 is 1.08 bits per heavy atom. The molecule has 0 aliphatic carbocycles. The molecule has 1 amide bonds. The first-order valence-electron chi connectivity index (χ1n) is 11.6. The zero-order chi connectivity index (χ0) is 27.6. The largest absolute Gasteiger partial charge is 0.493 e. The van der Waals surface area contributed by atoms with Crippen molar-refractivity contribution in [2.24, 2.45) is 0 Å². The number of benzene rings is 1. The first kappa shape index (κ1) is 26.0. The molecule has 1 aliphatic rings. The molecule has 14 heteroatoms. The van der Waals surface area contributed by atoms with E-state index in [1.807, 2.05) is 0 Å². The highest BCUT2D eigenvalue weighted by molar-refractivity contribution is 6.04. The van der Waals surface area contributed by atoms with Crippen molar-refractivity contribution in [3.05, 3.63) is 54.6 Å². The zero-order valence-electron chi connectivity index (χ0n) is 20.7. The number of fused-ring (bicyclic) bond motifs is 1. The van der Waals surface area contributed by atoms with Crippen LogP contribution in [0.15, 0.2) is 48.9 Å². The van der Waals surface area contributed by atoms with Crippen LogP contribution in [-0.4, -0.2) is 65.9 Å². The Balaban J connectivity index is 1.32. The summed E-state index contributed by atoms with van der Waals surface area (Å²) in [6.07, 6.45) is -0.362. The number of carbonyl (C=O) groups is 1. The van der Waals surface area contributed by atoms with E-state index in [0.717, 1.165) is 0 Å². The molecule has 0 unspecified atom stereocenters. The minimum absolute atomic E-state index is 0.127. The Bertz CT molecular complexity index is 1490. The van der Waals surface area contributed by atoms with Crippen LogP contribution in [-0.2, 0) is 4.74 Å². The number of alkyl halides is 3. The molecule has 1 saturated heterocycles. The second kappa shape index (κ2) is 10.6. The van der Waals surface area contributed by atoms with Crippen LogP contribution in [0.4, 0.5) is 19.0 Å². The van der Waals surface area contributed by atoms with E-state index in [1.54, 1.807) is 30.5 Å². The smallest absolute Gasteiger partial charge is 0.422 e. The molecule has 1 aromatic carbocycles. The second-order valence-electron chi connectivity index (χ2n) is 8.39. The molecule has 0 radical (unpaired) electrons. The standard InChI is InChI=1S/C25H22F3N5O6/c1-35-19-7-16-17(8-20(19)36-2)29-6-5-18(16)39-15-3-4-22(30-9-15)31-24(34)23-21(38-13-25(26,27)28)10-33(32-23)14-11-37-12-14/h3-10,14H,11-13H2,1-2H3,(H,30,31,34). The second-order valence-corrected chi connectivity index (χ2v) is 8.39. The number of nitrogens with one attached hydrogen (secondary N) is 1. The molecule has 4 heterocycles. The van der Waals surface area contributed by atoms with E-state index >= 15 is 0 Å². The van der Waals surface area contributed by atoms with Crippen LogP contribution in [0.3, 0.4) is 0 Å². The fourth-order valence-corrected chi connectivity index (χ4v) is 3.71. The third-order valence-corrected chi connectivity index (χ3v) is 5.71. The average molecular weight is 545 g/mol. The van der Waals surface area contributed by atoms with Gasteiger partial charge in [0.25, 0.3) is 5.91 Å². The Morgan fingerprint density at radius 2 is 1.85 bits per heavy atom. The lowest BCUT2D eigenvalue weighted by Gasteiger charge is -2.25. The molecule has 0 spiro atoms. The highest BCUT2D eigenvalue weighted by Gasteiger charge is 2.31. The number of hydrogen-bond acceptors (Lipinski definition) is 9. The average Bonchev–Trinajstić information content (AvgIpc) is 3.30. The van der Waals surface area contributed by atoms with Crippen LogP contribution in [0, 0.1) is 0 Å². The number of aromatic nitrogens is 4. The quantitative estimate of drug-likeness (QED) is 0.326. The topological polar surface area (TPSA) is 119 Å². The molecule has 0 bridgehead atoms. The maximum atomic E-state index is 12.9. The van der Waals surface area contributed by atoms with Gasteiger partial charge < -0.3 is 29.0 Å². The van der Waals surface area contributed by atoms with E-state index in [9.17, 15) is 18.0 Å². The summed E-state index contributed by atoms with van der Waals surface area (Å²) in [6, 6.07) is 8.00. The van der Waals surface area contributed by atoms with Crippen LogP contribution < -0.4 is 24.3 Å². The molecule has 5 rings (SSSR count). The van der Waals surface area contributed by atoms with Gasteiger partial charge in [0.05, 0.1) is 51.4 Å². The van der Waals surface area contributed by atoms with Gasteiger partial charge in [0, 0.05) is 17.6 Å². The molecule has 1 aliphatic heterocycles. The van der Waals surface area contributed by atoms with Gasteiger partial charge in [-0.3, -0.25) is 14.5 Å². The molecular formula is C25H22F3N5O6. The molecule has 204 valence electrons. The fourth-order valence-electron chi connectivity index (χ4n) is 3.71. The summed E-state index contributed by atoms with van der Waals surface area (Å²) in [5.41, 5.74) is 0.319. The van der Waals surface area contributed by atoms with Gasteiger partial charge in [0.2, 0.25) is 0 Å². The van der Waals surface area contributed by atoms with Crippen molar-refractivity contribution in [2.45, 2.75) is 12.2 Å². The number of pyridine rings is 2. The summed E-state index contributed by atoms with van der Waals surface area (Å²) in [5.74, 6) is 0.915. The third kappa shape index (κ3) is 5.80. The molecular weight excluding hydrogens is 523 g/mol. The fraction of sp³-hybridized carbons (Fsp3) is 0.280. The van der Waals surface area contributed by atoms with Gasteiger partial charge in [0.1, 0.15) is 17.3 Å². The highest BCUT2D eigenvalue weighted by atomic mass is 19.4. The third-order valence-electron chi connectivity index (χ3n) is 5.71. The number of hydrogen-bond donors (Lipinski definition) is 1. The van der Waals surface area contributed by atoms with Gasteiger partial charge in [0.15, 0.2) is 29.5 Å². The SMILES string of the molecule is COc1cc2nccc(Oc3ccc(NC(=O)c4nn(C5COC5)cc4OCC(F)(F)F)nc3)c2cc1OC. The number of methoxy groups -OCH3 is 2. The van der Waals surface area contributed by atoms with Crippen LogP contribution >= 0.6 is 0 Å². The van der Waals surface area contributed by atoms with Gasteiger partial charge in [-0.2, -0.15) is 18.3 Å². The predicted molar refractivity (Wildman–Crippen MR) is 131 cm³/mol. The summed E-state index contributed by atoms with van der Waals surface area (Å²) < 4.78 is 66.1. The van der Waals surface area contributed by atoms with Crippen LogP contribution in [0.5, 0.6) is 28.7 Å². The van der Waals surface area contributed by atoms with Crippen molar-refractivity contribution in [1.29, 1.82) is 0 Å². The number of nitrogens with zero attached hydrogens (tertiary/aromatic N) is 4. The van der Waals surface area contributed by atoms with Crippen molar-refractivity contribution < 1.29 is 41.7 Å². The lowest BCUT2D eigenvalue weighted by atomic mass is 10.2. The van der Waals surface area contributed by atoms with Crippen molar-refractivity contribution in [2.75, 3.05) is 39.4 Å². The molecule has 1 N–H and O–H groups in total. The molecule has 0 saturated carbocycles. The Morgan fingerprint density at radius 3 is 2.49 bits per heavy atom. The molecule has 11 nitrogen and oxygen atoms in total. The minimum atomic E-state index is -4.58. The summed E-state index contributed by atoms with van der Waals surface area (Å²) in [6.45, 7) is -0.901. The number of anilines is 1. The number of halogens is 3. The van der Waals surface area contributed by atoms with E-state index in [4.69, 9.17) is 23.7 Å². The Labute approximate surface area is 219 Å². The minimum Gasteiger partial charge on any atom is -0.493 e.